The third-order valence-corrected chi connectivity index (χ3v) is 4.87. The van der Waals surface area contributed by atoms with Crippen LogP contribution in [0, 0.1) is 0 Å². The number of para-hydroxylation sites is 1. The highest BCUT2D eigenvalue weighted by Crippen LogP contribution is 2.15. The van der Waals surface area contributed by atoms with Crippen LogP contribution in [0.15, 0.2) is 48.5 Å². The average Bonchev–Trinajstić information content (AvgIpc) is 2.68. The second kappa shape index (κ2) is 9.88. The largest absolute Gasteiger partial charge is 0.321 e. The van der Waals surface area contributed by atoms with E-state index in [1.54, 1.807) is 0 Å². The fourth-order valence-corrected chi connectivity index (χ4v) is 2.85. The lowest BCUT2D eigenvalue weighted by Gasteiger charge is -2.21. The van der Waals surface area contributed by atoms with Gasteiger partial charge in [0.2, 0.25) is 0 Å². The number of hydrogen-bond acceptors (Lipinski definition) is 2. The molecule has 5 heteroatoms. The summed E-state index contributed by atoms with van der Waals surface area (Å²) in [5.74, 6) is -0.196. The number of likely N-dealkylation sites (N-methyl/N-ethyl adjacent to an activating group) is 1. The molecule has 0 bridgehead atoms. The Hall–Kier alpha value is -2.66. The predicted molar refractivity (Wildman–Crippen MR) is 110 cm³/mol. The van der Waals surface area contributed by atoms with Crippen molar-refractivity contribution in [2.24, 2.45) is 0 Å². The normalized spacial score (nSPS) is 12.9. The van der Waals surface area contributed by atoms with Crippen LogP contribution in [0.4, 0.5) is 11.4 Å². The highest BCUT2D eigenvalue weighted by molar-refractivity contribution is 5.94. The lowest BCUT2D eigenvalue weighted by molar-refractivity contribution is -0.885. The lowest BCUT2D eigenvalue weighted by atomic mass is 10.1. The summed E-state index contributed by atoms with van der Waals surface area (Å²) in [5, 5.41) is 5.88. The van der Waals surface area contributed by atoms with Crippen LogP contribution in [-0.2, 0) is 22.4 Å². The fraction of sp³-hybridized carbons (Fsp3) is 0.364. The van der Waals surface area contributed by atoms with Gasteiger partial charge in [0, 0.05) is 11.4 Å². The molecule has 0 aliphatic rings. The third kappa shape index (κ3) is 5.93. The van der Waals surface area contributed by atoms with Gasteiger partial charge in [0.15, 0.2) is 12.6 Å². The van der Waals surface area contributed by atoms with Gasteiger partial charge in [0.05, 0.1) is 7.05 Å². The van der Waals surface area contributed by atoms with E-state index in [9.17, 15) is 9.59 Å². The van der Waals surface area contributed by atoms with Gasteiger partial charge < -0.3 is 15.5 Å². The number of carbonyl (C=O) groups is 2. The molecule has 2 amide bonds. The molecule has 0 heterocycles. The molecule has 0 saturated carbocycles. The molecule has 2 atom stereocenters. The maximum Gasteiger partial charge on any atom is 0.282 e. The van der Waals surface area contributed by atoms with E-state index in [4.69, 9.17) is 0 Å². The molecule has 27 heavy (non-hydrogen) atoms. The topological polar surface area (TPSA) is 62.6 Å². The van der Waals surface area contributed by atoms with E-state index in [-0.39, 0.29) is 24.4 Å². The summed E-state index contributed by atoms with van der Waals surface area (Å²) in [6.45, 7) is 6.21. The average molecular weight is 369 g/mol. The number of carbonyl (C=O) groups excluding carboxylic acids is 2. The zero-order valence-electron chi connectivity index (χ0n) is 16.6. The lowest BCUT2D eigenvalue weighted by Crippen LogP contribution is -3.14. The standard InChI is InChI=1S/C22H29N3O2/c1-5-17-11-13-19(14-12-17)23-22(27)16(3)25(4)15-21(26)24-20-10-8-7-9-18(20)6-2/h7-14,16H,5-6,15H2,1-4H3,(H,23,27)(H,24,26)/p+1/t16-/m0/s1. The number of anilines is 2. The van der Waals surface area contributed by atoms with Crippen molar-refractivity contribution in [3.63, 3.8) is 0 Å². The maximum absolute atomic E-state index is 12.5. The van der Waals surface area contributed by atoms with Crippen molar-refractivity contribution in [3.8, 4) is 0 Å². The Labute approximate surface area is 161 Å². The number of amides is 2. The minimum Gasteiger partial charge on any atom is -0.321 e. The number of benzene rings is 2. The molecule has 2 aromatic carbocycles. The molecule has 0 aliphatic carbocycles. The predicted octanol–water partition coefficient (Wildman–Crippen LogP) is 2.29. The summed E-state index contributed by atoms with van der Waals surface area (Å²) in [5.41, 5.74) is 3.95. The van der Waals surface area contributed by atoms with Crippen molar-refractivity contribution in [2.45, 2.75) is 39.7 Å². The van der Waals surface area contributed by atoms with Crippen molar-refractivity contribution >= 4 is 23.2 Å². The zero-order chi connectivity index (χ0) is 19.8. The molecule has 5 nitrogen and oxygen atoms in total. The smallest absolute Gasteiger partial charge is 0.282 e. The van der Waals surface area contributed by atoms with Gasteiger partial charge in [-0.25, -0.2) is 0 Å². The molecule has 1 unspecified atom stereocenters. The van der Waals surface area contributed by atoms with E-state index in [1.165, 1.54) is 5.56 Å². The molecule has 3 N–H and O–H groups in total. The summed E-state index contributed by atoms with van der Waals surface area (Å²) < 4.78 is 0. The number of rotatable bonds is 8. The van der Waals surface area contributed by atoms with Gasteiger partial charge >= 0.3 is 0 Å². The first kappa shape index (κ1) is 20.6. The van der Waals surface area contributed by atoms with Gasteiger partial charge in [-0.3, -0.25) is 9.59 Å². The number of quaternary nitrogens is 1. The molecule has 0 fully saturated rings. The summed E-state index contributed by atoms with van der Waals surface area (Å²) >= 11 is 0. The van der Waals surface area contributed by atoms with Crippen molar-refractivity contribution in [3.05, 3.63) is 59.7 Å². The number of hydrogen-bond donors (Lipinski definition) is 3. The van der Waals surface area contributed by atoms with Crippen LogP contribution in [0.5, 0.6) is 0 Å². The van der Waals surface area contributed by atoms with Gasteiger partial charge in [0.25, 0.3) is 11.8 Å². The van der Waals surface area contributed by atoms with Crippen molar-refractivity contribution in [2.75, 3.05) is 24.2 Å². The molecule has 0 aliphatic heterocycles. The quantitative estimate of drug-likeness (QED) is 0.669. The van der Waals surface area contributed by atoms with E-state index in [0.29, 0.717) is 0 Å². The molecular weight excluding hydrogens is 338 g/mol. The Kier molecular flexibility index (Phi) is 7.55. The third-order valence-electron chi connectivity index (χ3n) is 4.87. The molecule has 2 rings (SSSR count). The van der Waals surface area contributed by atoms with Gasteiger partial charge in [-0.1, -0.05) is 44.2 Å². The fourth-order valence-electron chi connectivity index (χ4n) is 2.85. The minimum atomic E-state index is -0.344. The van der Waals surface area contributed by atoms with Gasteiger partial charge in [-0.05, 0) is 49.1 Å². The Morgan fingerprint density at radius 2 is 1.63 bits per heavy atom. The van der Waals surface area contributed by atoms with Gasteiger partial charge in [0.1, 0.15) is 0 Å². The van der Waals surface area contributed by atoms with Crippen LogP contribution < -0.4 is 15.5 Å². The Bertz CT molecular complexity index is 771. The van der Waals surface area contributed by atoms with E-state index < -0.39 is 0 Å². The second-order valence-corrected chi connectivity index (χ2v) is 6.84. The molecule has 0 aromatic heterocycles. The van der Waals surface area contributed by atoms with E-state index in [2.05, 4.69) is 24.5 Å². The zero-order valence-corrected chi connectivity index (χ0v) is 16.6. The number of aryl methyl sites for hydroxylation is 2. The summed E-state index contributed by atoms with van der Waals surface area (Å²) in [4.78, 5) is 25.7. The van der Waals surface area contributed by atoms with E-state index >= 15 is 0 Å². The van der Waals surface area contributed by atoms with Crippen LogP contribution in [0.25, 0.3) is 0 Å². The monoisotopic (exact) mass is 368 g/mol. The van der Waals surface area contributed by atoms with E-state index in [1.807, 2.05) is 62.5 Å². The first-order valence-electron chi connectivity index (χ1n) is 9.54. The molecule has 144 valence electrons. The van der Waals surface area contributed by atoms with Crippen LogP contribution in [0.3, 0.4) is 0 Å². The van der Waals surface area contributed by atoms with E-state index in [0.717, 1.165) is 34.7 Å². The summed E-state index contributed by atoms with van der Waals surface area (Å²) in [7, 11) is 1.86. The highest BCUT2D eigenvalue weighted by atomic mass is 16.2. The SMILES string of the molecule is CCc1ccc(NC(=O)[C@H](C)[NH+](C)CC(=O)Nc2ccccc2CC)cc1. The molecular formula is C22H30N3O2+. The van der Waals surface area contributed by atoms with Crippen molar-refractivity contribution in [1.82, 2.24) is 0 Å². The summed E-state index contributed by atoms with van der Waals surface area (Å²) in [6.07, 6.45) is 1.82. The molecule has 0 radical (unpaired) electrons. The highest BCUT2D eigenvalue weighted by Gasteiger charge is 2.24. The first-order chi connectivity index (χ1) is 12.9. The number of nitrogens with one attached hydrogen (secondary N) is 3. The minimum absolute atomic E-state index is 0.0969. The first-order valence-corrected chi connectivity index (χ1v) is 9.54. The molecule has 0 spiro atoms. The Morgan fingerprint density at radius 1 is 0.963 bits per heavy atom. The summed E-state index contributed by atoms with van der Waals surface area (Å²) in [6, 6.07) is 15.3. The second-order valence-electron chi connectivity index (χ2n) is 6.84. The van der Waals surface area contributed by atoms with Crippen LogP contribution in [-0.4, -0.2) is 31.4 Å². The van der Waals surface area contributed by atoms with Crippen LogP contribution in [0.2, 0.25) is 0 Å². The maximum atomic E-state index is 12.5. The van der Waals surface area contributed by atoms with Crippen LogP contribution in [0.1, 0.15) is 31.9 Å². The van der Waals surface area contributed by atoms with Gasteiger partial charge in [-0.15, -0.1) is 0 Å². The Morgan fingerprint density at radius 3 is 2.26 bits per heavy atom. The van der Waals surface area contributed by atoms with Gasteiger partial charge in [-0.2, -0.15) is 0 Å². The van der Waals surface area contributed by atoms with Crippen molar-refractivity contribution < 1.29 is 14.5 Å². The Balaban J connectivity index is 1.90. The van der Waals surface area contributed by atoms with Crippen LogP contribution >= 0.6 is 0 Å². The van der Waals surface area contributed by atoms with Crippen molar-refractivity contribution in [1.29, 1.82) is 0 Å². The molecule has 2 aromatic rings. The molecule has 0 saturated heterocycles.